The van der Waals surface area contributed by atoms with Crippen molar-refractivity contribution in [3.8, 4) is 5.75 Å². The zero-order valence-corrected chi connectivity index (χ0v) is 12.8. The molecule has 0 radical (unpaired) electrons. The molecule has 116 valence electrons. The predicted molar refractivity (Wildman–Crippen MR) is 86.0 cm³/mol. The van der Waals surface area contributed by atoms with Crippen LogP contribution in [-0.2, 0) is 17.9 Å². The van der Waals surface area contributed by atoms with Gasteiger partial charge in [0.2, 0.25) is 0 Å². The number of para-hydroxylation sites is 1. The standard InChI is InChI=1S/C17H20N2O3/c1-21-12-14-7-3-4-9-16(14)19-17(20)18-11-13-6-5-8-15(10-13)22-2/h3-10H,11-12H2,1-2H3,(H2,18,19,20). The van der Waals surface area contributed by atoms with E-state index in [2.05, 4.69) is 10.6 Å². The predicted octanol–water partition coefficient (Wildman–Crippen LogP) is 3.16. The number of methoxy groups -OCH3 is 2. The monoisotopic (exact) mass is 300 g/mol. The molecule has 0 spiro atoms. The summed E-state index contributed by atoms with van der Waals surface area (Å²) in [5, 5.41) is 5.65. The van der Waals surface area contributed by atoms with E-state index in [9.17, 15) is 4.79 Å². The van der Waals surface area contributed by atoms with Crippen LogP contribution in [-0.4, -0.2) is 20.3 Å². The fraction of sp³-hybridized carbons (Fsp3) is 0.235. The van der Waals surface area contributed by atoms with Crippen LogP contribution in [0.4, 0.5) is 10.5 Å². The van der Waals surface area contributed by atoms with Crippen molar-refractivity contribution in [3.05, 3.63) is 59.7 Å². The molecule has 5 nitrogen and oxygen atoms in total. The molecular formula is C17H20N2O3. The Balaban J connectivity index is 1.93. The van der Waals surface area contributed by atoms with Gasteiger partial charge in [0.1, 0.15) is 5.75 Å². The molecule has 22 heavy (non-hydrogen) atoms. The van der Waals surface area contributed by atoms with E-state index in [0.29, 0.717) is 13.2 Å². The van der Waals surface area contributed by atoms with E-state index in [0.717, 1.165) is 22.6 Å². The Morgan fingerprint density at radius 2 is 1.91 bits per heavy atom. The summed E-state index contributed by atoms with van der Waals surface area (Å²) in [4.78, 5) is 12.0. The Bertz CT molecular complexity index is 629. The number of ether oxygens (including phenoxy) is 2. The number of nitrogens with one attached hydrogen (secondary N) is 2. The third kappa shape index (κ3) is 4.49. The van der Waals surface area contributed by atoms with Crippen LogP contribution in [0.15, 0.2) is 48.5 Å². The fourth-order valence-corrected chi connectivity index (χ4v) is 2.05. The molecule has 0 unspecified atom stereocenters. The van der Waals surface area contributed by atoms with Gasteiger partial charge in [0, 0.05) is 24.9 Å². The van der Waals surface area contributed by atoms with Gasteiger partial charge in [0.05, 0.1) is 13.7 Å². The number of urea groups is 1. The molecule has 5 heteroatoms. The SMILES string of the molecule is COCc1ccccc1NC(=O)NCc1cccc(OC)c1. The maximum atomic E-state index is 12.0. The van der Waals surface area contributed by atoms with Crippen LogP contribution in [0.3, 0.4) is 0 Å². The molecule has 0 aliphatic heterocycles. The maximum absolute atomic E-state index is 12.0. The lowest BCUT2D eigenvalue weighted by molar-refractivity contribution is 0.185. The number of amides is 2. The minimum atomic E-state index is -0.258. The molecule has 2 N–H and O–H groups in total. The Morgan fingerprint density at radius 1 is 1.09 bits per heavy atom. The molecule has 2 rings (SSSR count). The number of hydrogen-bond donors (Lipinski definition) is 2. The average Bonchev–Trinajstić information content (AvgIpc) is 2.55. The van der Waals surface area contributed by atoms with Gasteiger partial charge >= 0.3 is 6.03 Å². The first kappa shape index (κ1) is 15.9. The summed E-state index contributed by atoms with van der Waals surface area (Å²) in [7, 11) is 3.24. The van der Waals surface area contributed by atoms with Crippen LogP contribution in [0.5, 0.6) is 5.75 Å². The Hall–Kier alpha value is -2.53. The fourth-order valence-electron chi connectivity index (χ4n) is 2.05. The number of hydrogen-bond acceptors (Lipinski definition) is 3. The zero-order chi connectivity index (χ0) is 15.8. The molecule has 0 aromatic heterocycles. The van der Waals surface area contributed by atoms with Gasteiger partial charge in [0.25, 0.3) is 0 Å². The summed E-state index contributed by atoms with van der Waals surface area (Å²) in [6.07, 6.45) is 0. The minimum absolute atomic E-state index is 0.258. The van der Waals surface area contributed by atoms with E-state index in [1.54, 1.807) is 14.2 Å². The third-order valence-electron chi connectivity index (χ3n) is 3.15. The van der Waals surface area contributed by atoms with Gasteiger partial charge in [-0.05, 0) is 23.8 Å². The second-order valence-corrected chi connectivity index (χ2v) is 4.75. The highest BCUT2D eigenvalue weighted by molar-refractivity contribution is 5.90. The van der Waals surface area contributed by atoms with Gasteiger partial charge < -0.3 is 20.1 Å². The van der Waals surface area contributed by atoms with E-state index >= 15 is 0 Å². The highest BCUT2D eigenvalue weighted by atomic mass is 16.5. The molecule has 0 aliphatic carbocycles. The van der Waals surface area contributed by atoms with Crippen molar-refractivity contribution in [1.82, 2.24) is 5.32 Å². The van der Waals surface area contributed by atoms with Crippen LogP contribution in [0.25, 0.3) is 0 Å². The first-order valence-electron chi connectivity index (χ1n) is 6.97. The lowest BCUT2D eigenvalue weighted by Gasteiger charge is -2.12. The highest BCUT2D eigenvalue weighted by Gasteiger charge is 2.06. The number of anilines is 1. The normalized spacial score (nSPS) is 10.1. The first-order valence-corrected chi connectivity index (χ1v) is 6.97. The van der Waals surface area contributed by atoms with Gasteiger partial charge in [-0.25, -0.2) is 4.79 Å². The van der Waals surface area contributed by atoms with Crippen molar-refractivity contribution < 1.29 is 14.3 Å². The van der Waals surface area contributed by atoms with Gasteiger partial charge in [-0.1, -0.05) is 30.3 Å². The van der Waals surface area contributed by atoms with Crippen LogP contribution in [0, 0.1) is 0 Å². The summed E-state index contributed by atoms with van der Waals surface area (Å²) in [5.41, 5.74) is 2.65. The number of rotatable bonds is 6. The molecule has 0 heterocycles. The van der Waals surface area contributed by atoms with E-state index in [-0.39, 0.29) is 6.03 Å². The molecule has 0 saturated carbocycles. The van der Waals surface area contributed by atoms with Crippen LogP contribution < -0.4 is 15.4 Å². The lowest BCUT2D eigenvalue weighted by Crippen LogP contribution is -2.28. The minimum Gasteiger partial charge on any atom is -0.497 e. The molecular weight excluding hydrogens is 280 g/mol. The van der Waals surface area contributed by atoms with Crippen molar-refractivity contribution in [1.29, 1.82) is 0 Å². The van der Waals surface area contributed by atoms with Crippen LogP contribution in [0.2, 0.25) is 0 Å². The third-order valence-corrected chi connectivity index (χ3v) is 3.15. The molecule has 0 fully saturated rings. The molecule has 0 aliphatic rings. The quantitative estimate of drug-likeness (QED) is 0.861. The van der Waals surface area contributed by atoms with Crippen LogP contribution >= 0.6 is 0 Å². The number of carbonyl (C=O) groups excluding carboxylic acids is 1. The Labute approximate surface area is 130 Å². The summed E-state index contributed by atoms with van der Waals surface area (Å²) >= 11 is 0. The Kier molecular flexibility index (Phi) is 5.80. The second-order valence-electron chi connectivity index (χ2n) is 4.75. The lowest BCUT2D eigenvalue weighted by atomic mass is 10.2. The molecule has 2 amide bonds. The topological polar surface area (TPSA) is 59.6 Å². The zero-order valence-electron chi connectivity index (χ0n) is 12.8. The van der Waals surface area contributed by atoms with Gasteiger partial charge in [-0.3, -0.25) is 0 Å². The molecule has 2 aromatic rings. The van der Waals surface area contributed by atoms with E-state index < -0.39 is 0 Å². The summed E-state index contributed by atoms with van der Waals surface area (Å²) < 4.78 is 10.3. The Morgan fingerprint density at radius 3 is 2.68 bits per heavy atom. The molecule has 2 aromatic carbocycles. The van der Waals surface area contributed by atoms with Crippen molar-refractivity contribution in [2.75, 3.05) is 19.5 Å². The summed E-state index contributed by atoms with van der Waals surface area (Å²) in [6, 6.07) is 14.9. The molecule has 0 atom stereocenters. The molecule has 0 bridgehead atoms. The van der Waals surface area contributed by atoms with Crippen molar-refractivity contribution >= 4 is 11.7 Å². The summed E-state index contributed by atoms with van der Waals surface area (Å²) in [6.45, 7) is 0.877. The second kappa shape index (κ2) is 8.05. The van der Waals surface area contributed by atoms with Crippen molar-refractivity contribution in [2.45, 2.75) is 13.2 Å². The number of carbonyl (C=O) groups is 1. The van der Waals surface area contributed by atoms with E-state index in [1.807, 2.05) is 48.5 Å². The smallest absolute Gasteiger partial charge is 0.319 e. The van der Waals surface area contributed by atoms with Crippen molar-refractivity contribution in [2.24, 2.45) is 0 Å². The average molecular weight is 300 g/mol. The van der Waals surface area contributed by atoms with Crippen LogP contribution in [0.1, 0.15) is 11.1 Å². The highest BCUT2D eigenvalue weighted by Crippen LogP contribution is 2.16. The van der Waals surface area contributed by atoms with Gasteiger partial charge in [0.15, 0.2) is 0 Å². The molecule has 0 saturated heterocycles. The van der Waals surface area contributed by atoms with Gasteiger partial charge in [-0.2, -0.15) is 0 Å². The van der Waals surface area contributed by atoms with Gasteiger partial charge in [-0.15, -0.1) is 0 Å². The summed E-state index contributed by atoms with van der Waals surface area (Å²) in [5.74, 6) is 0.769. The largest absolute Gasteiger partial charge is 0.497 e. The van der Waals surface area contributed by atoms with Crippen molar-refractivity contribution in [3.63, 3.8) is 0 Å². The van der Waals surface area contributed by atoms with E-state index in [1.165, 1.54) is 0 Å². The maximum Gasteiger partial charge on any atom is 0.319 e. The first-order chi connectivity index (χ1) is 10.7. The van der Waals surface area contributed by atoms with E-state index in [4.69, 9.17) is 9.47 Å². The number of benzene rings is 2.